The lowest BCUT2D eigenvalue weighted by molar-refractivity contribution is 0.518. The third-order valence-electron chi connectivity index (χ3n) is 3.58. The van der Waals surface area contributed by atoms with Gasteiger partial charge < -0.3 is 20.0 Å². The maximum atomic E-state index is 14.8. The van der Waals surface area contributed by atoms with Crippen LogP contribution in [0.3, 0.4) is 0 Å². The van der Waals surface area contributed by atoms with Crippen LogP contribution in [0.15, 0.2) is 22.8 Å². The van der Waals surface area contributed by atoms with E-state index in [9.17, 15) is 4.39 Å². The number of halogens is 3. The van der Waals surface area contributed by atoms with Gasteiger partial charge in [0.1, 0.15) is 17.2 Å². The van der Waals surface area contributed by atoms with Crippen LogP contribution in [-0.4, -0.2) is 20.6 Å². The highest BCUT2D eigenvalue weighted by molar-refractivity contribution is 6.28. The number of aryl methyl sites for hydroxylation is 1. The first kappa shape index (κ1) is 18.5. The van der Waals surface area contributed by atoms with Crippen LogP contribution in [0.4, 0.5) is 10.2 Å². The summed E-state index contributed by atoms with van der Waals surface area (Å²) in [4.78, 5) is 8.25. The number of fused-ring (bicyclic) bond motifs is 1. The fourth-order valence-electron chi connectivity index (χ4n) is 2.53. The molecule has 0 aliphatic carbocycles. The molecule has 0 aliphatic heterocycles. The van der Waals surface area contributed by atoms with Crippen molar-refractivity contribution >= 4 is 40.9 Å². The van der Waals surface area contributed by atoms with Crippen LogP contribution in [0.1, 0.15) is 18.4 Å². The predicted molar refractivity (Wildman–Crippen MR) is 94.1 cm³/mol. The van der Waals surface area contributed by atoms with Gasteiger partial charge in [-0.1, -0.05) is 0 Å². The Morgan fingerprint density at radius 1 is 1.46 bits per heavy atom. The molecule has 0 fully saturated rings. The first-order chi connectivity index (χ1) is 11.0. The van der Waals surface area contributed by atoms with Gasteiger partial charge in [0.05, 0.1) is 23.9 Å². The maximum Gasteiger partial charge on any atom is 0.226 e. The Kier molecular flexibility index (Phi) is 5.69. The summed E-state index contributed by atoms with van der Waals surface area (Å²) in [5, 5.41) is 3.40. The molecule has 6 nitrogen and oxygen atoms in total. The first-order valence-corrected chi connectivity index (χ1v) is 7.57. The number of furan rings is 1. The van der Waals surface area contributed by atoms with Gasteiger partial charge >= 0.3 is 0 Å². The van der Waals surface area contributed by atoms with Crippen LogP contribution in [-0.2, 0) is 20.0 Å². The molecule has 0 bridgehead atoms. The van der Waals surface area contributed by atoms with Crippen LogP contribution in [0.2, 0.25) is 5.28 Å². The van der Waals surface area contributed by atoms with Gasteiger partial charge in [0, 0.05) is 19.5 Å². The van der Waals surface area contributed by atoms with Crippen LogP contribution in [0, 0.1) is 5.82 Å². The van der Waals surface area contributed by atoms with Crippen molar-refractivity contribution in [1.29, 1.82) is 0 Å². The Morgan fingerprint density at radius 2 is 2.21 bits per heavy atom. The Hall–Kier alpha value is -1.83. The second-order valence-corrected chi connectivity index (χ2v) is 5.81. The van der Waals surface area contributed by atoms with E-state index >= 15 is 0 Å². The van der Waals surface area contributed by atoms with Gasteiger partial charge in [0.2, 0.25) is 5.28 Å². The third kappa shape index (κ3) is 3.48. The van der Waals surface area contributed by atoms with Gasteiger partial charge in [-0.3, -0.25) is 0 Å². The smallest absolute Gasteiger partial charge is 0.226 e. The molecule has 0 radical (unpaired) electrons. The first-order valence-electron chi connectivity index (χ1n) is 7.19. The van der Waals surface area contributed by atoms with Crippen molar-refractivity contribution in [3.63, 3.8) is 0 Å². The number of hydrogen-bond acceptors (Lipinski definition) is 5. The van der Waals surface area contributed by atoms with Gasteiger partial charge in [0.25, 0.3) is 0 Å². The minimum atomic E-state index is -0.376. The summed E-state index contributed by atoms with van der Waals surface area (Å²) in [7, 11) is 1.74. The second kappa shape index (κ2) is 7.38. The van der Waals surface area contributed by atoms with Crippen LogP contribution >= 0.6 is 24.0 Å². The zero-order valence-electron chi connectivity index (χ0n) is 13.2. The largest absolute Gasteiger partial charge is 0.467 e. The lowest BCUT2D eigenvalue weighted by atomic mass is 10.2. The number of aromatic nitrogens is 3. The summed E-state index contributed by atoms with van der Waals surface area (Å²) in [6, 6.07) is 3.43. The van der Waals surface area contributed by atoms with Crippen molar-refractivity contribution in [2.24, 2.45) is 12.8 Å². The molecule has 130 valence electrons. The quantitative estimate of drug-likeness (QED) is 0.670. The molecule has 3 N–H and O–H groups in total. The molecule has 0 spiro atoms. The molecule has 3 aromatic heterocycles. The third-order valence-corrected chi connectivity index (χ3v) is 3.75. The minimum Gasteiger partial charge on any atom is -0.467 e. The molecular weight excluding hydrogens is 356 g/mol. The monoisotopic (exact) mass is 373 g/mol. The van der Waals surface area contributed by atoms with Gasteiger partial charge in [0.15, 0.2) is 5.82 Å². The zero-order chi connectivity index (χ0) is 16.6. The lowest BCUT2D eigenvalue weighted by Gasteiger charge is -2.06. The average molecular weight is 374 g/mol. The normalized spacial score (nSPS) is 12.2. The highest BCUT2D eigenvalue weighted by atomic mass is 35.5. The van der Waals surface area contributed by atoms with Gasteiger partial charge in [-0.25, -0.2) is 4.39 Å². The van der Waals surface area contributed by atoms with E-state index in [0.717, 1.165) is 0 Å². The Bertz CT molecular complexity index is 832. The zero-order valence-corrected chi connectivity index (χ0v) is 14.8. The Balaban J connectivity index is 0.00000208. The molecule has 0 amide bonds. The fraction of sp³-hybridized carbons (Fsp3) is 0.333. The van der Waals surface area contributed by atoms with E-state index in [1.807, 2.05) is 13.0 Å². The molecule has 3 heterocycles. The van der Waals surface area contributed by atoms with E-state index < -0.39 is 0 Å². The maximum absolute atomic E-state index is 14.8. The molecule has 0 saturated carbocycles. The van der Waals surface area contributed by atoms with Crippen molar-refractivity contribution in [2.45, 2.75) is 25.9 Å². The van der Waals surface area contributed by atoms with Crippen LogP contribution < -0.4 is 11.1 Å². The van der Waals surface area contributed by atoms with Gasteiger partial charge in [-0.15, -0.1) is 12.4 Å². The van der Waals surface area contributed by atoms with Gasteiger partial charge in [-0.05, 0) is 30.7 Å². The fourth-order valence-corrected chi connectivity index (χ4v) is 2.69. The van der Waals surface area contributed by atoms with Crippen molar-refractivity contribution in [3.05, 3.63) is 41.0 Å². The van der Waals surface area contributed by atoms with E-state index in [-0.39, 0.29) is 29.5 Å². The number of nitrogens with one attached hydrogen (secondary N) is 1. The summed E-state index contributed by atoms with van der Waals surface area (Å²) in [6.45, 7) is 2.19. The van der Waals surface area contributed by atoms with Crippen molar-refractivity contribution in [2.75, 3.05) is 5.32 Å². The highest BCUT2D eigenvalue weighted by Crippen LogP contribution is 2.30. The molecule has 0 unspecified atom stereocenters. The molecule has 24 heavy (non-hydrogen) atoms. The molecule has 0 saturated heterocycles. The van der Waals surface area contributed by atoms with E-state index in [2.05, 4.69) is 15.3 Å². The molecule has 9 heteroatoms. The van der Waals surface area contributed by atoms with Gasteiger partial charge in [-0.2, -0.15) is 9.97 Å². The van der Waals surface area contributed by atoms with E-state index in [0.29, 0.717) is 41.3 Å². The SMILES string of the molecule is C[C@H](N)Cc1c(F)c2c(NCc3ccco3)nc(Cl)nc2n1C.Cl. The predicted octanol–water partition coefficient (Wildman–Crippen LogP) is 3.28. The number of nitrogens with zero attached hydrogens (tertiary/aromatic N) is 3. The minimum absolute atomic E-state index is 0. The molecule has 0 aliphatic rings. The van der Waals surface area contributed by atoms with E-state index in [1.165, 1.54) is 0 Å². The molecule has 1 atom stereocenters. The summed E-state index contributed by atoms with van der Waals surface area (Å²) < 4.78 is 21.8. The average Bonchev–Trinajstić information content (AvgIpc) is 3.08. The molecular formula is C15H18Cl2FN5O. The van der Waals surface area contributed by atoms with Crippen molar-refractivity contribution in [1.82, 2.24) is 14.5 Å². The number of anilines is 1. The summed E-state index contributed by atoms with van der Waals surface area (Å²) in [6.07, 6.45) is 1.97. The molecule has 3 aromatic rings. The molecule has 3 rings (SSSR count). The summed E-state index contributed by atoms with van der Waals surface area (Å²) >= 11 is 5.98. The second-order valence-electron chi connectivity index (χ2n) is 5.47. The van der Waals surface area contributed by atoms with E-state index in [1.54, 1.807) is 23.9 Å². The van der Waals surface area contributed by atoms with Crippen LogP contribution in [0.25, 0.3) is 11.0 Å². The van der Waals surface area contributed by atoms with Crippen molar-refractivity contribution in [3.8, 4) is 0 Å². The Labute approximate surface area is 149 Å². The number of rotatable bonds is 5. The van der Waals surface area contributed by atoms with Crippen LogP contribution in [0.5, 0.6) is 0 Å². The van der Waals surface area contributed by atoms with E-state index in [4.69, 9.17) is 21.8 Å². The Morgan fingerprint density at radius 3 is 2.83 bits per heavy atom. The summed E-state index contributed by atoms with van der Waals surface area (Å²) in [5.74, 6) is 0.666. The lowest BCUT2D eigenvalue weighted by Crippen LogP contribution is -2.20. The molecule has 0 aromatic carbocycles. The topological polar surface area (TPSA) is 81.9 Å². The highest BCUT2D eigenvalue weighted by Gasteiger charge is 2.22. The number of nitrogens with two attached hydrogens (primary N) is 1. The standard InChI is InChI=1S/C15H17ClFN5O.ClH/c1-8(18)6-10-12(17)11-13(19-7-9-4-3-5-23-9)20-15(16)21-14(11)22(10)2;/h3-5,8H,6-7,18H2,1-2H3,(H,19,20,21);1H/t8-;/m0./s1. The van der Waals surface area contributed by atoms with Crippen molar-refractivity contribution < 1.29 is 8.81 Å². The summed E-state index contributed by atoms with van der Waals surface area (Å²) in [5.41, 5.74) is 6.71. The number of hydrogen-bond donors (Lipinski definition) is 2.